The van der Waals surface area contributed by atoms with Gasteiger partial charge in [-0.05, 0) is 112 Å². The van der Waals surface area contributed by atoms with Crippen molar-refractivity contribution in [3.8, 4) is 0 Å². The number of ketones is 1. The van der Waals surface area contributed by atoms with Crippen LogP contribution in [0.4, 0.5) is 0 Å². The molecule has 0 radical (unpaired) electrons. The van der Waals surface area contributed by atoms with Gasteiger partial charge in [0.25, 0.3) is 0 Å². The summed E-state index contributed by atoms with van der Waals surface area (Å²) in [5, 5.41) is 0. The van der Waals surface area contributed by atoms with Crippen LogP contribution in [-0.2, 0) is 14.3 Å². The molecule has 1 saturated heterocycles. The lowest BCUT2D eigenvalue weighted by molar-refractivity contribution is -0.215. The van der Waals surface area contributed by atoms with Crippen LogP contribution in [0, 0.1) is 28.6 Å². The molecule has 4 fully saturated rings. The highest BCUT2D eigenvalue weighted by atomic mass is 16.7. The van der Waals surface area contributed by atoms with Crippen LogP contribution >= 0.6 is 0 Å². The molecule has 0 bridgehead atoms. The maximum absolute atomic E-state index is 12.3. The topological polar surface area (TPSA) is 35.5 Å². The van der Waals surface area contributed by atoms with Gasteiger partial charge in [0, 0.05) is 12.0 Å². The summed E-state index contributed by atoms with van der Waals surface area (Å²) in [6.45, 7) is 10.1. The van der Waals surface area contributed by atoms with Crippen LogP contribution in [0.25, 0.3) is 0 Å². The number of carbonyl (C=O) groups is 1. The lowest BCUT2D eigenvalue weighted by atomic mass is 9.46. The SMILES string of the molecule is CC=C1C[C@@H]2[C@H](CC[C@]3(C)[C@@H](OC4CCCCO4)CC[C@@H]23)[C@@]2(C)C(C)=CC(=O)C=C12. The number of allylic oxidation sites excluding steroid dienone is 6. The second kappa shape index (κ2) is 7.45. The summed E-state index contributed by atoms with van der Waals surface area (Å²) >= 11 is 0. The van der Waals surface area contributed by atoms with E-state index in [2.05, 4.69) is 33.8 Å². The highest BCUT2D eigenvalue weighted by molar-refractivity contribution is 6.02. The van der Waals surface area contributed by atoms with Crippen molar-refractivity contribution >= 4 is 5.78 Å². The molecule has 0 amide bonds. The largest absolute Gasteiger partial charge is 0.353 e. The van der Waals surface area contributed by atoms with E-state index in [9.17, 15) is 4.79 Å². The van der Waals surface area contributed by atoms with E-state index >= 15 is 0 Å². The minimum atomic E-state index is 0.00538. The summed E-state index contributed by atoms with van der Waals surface area (Å²) in [6, 6.07) is 0. The summed E-state index contributed by atoms with van der Waals surface area (Å²) < 4.78 is 12.6. The number of fused-ring (bicyclic) bond motifs is 5. The molecule has 3 saturated carbocycles. The fourth-order valence-corrected chi connectivity index (χ4v) is 7.93. The minimum absolute atomic E-state index is 0.00538. The molecule has 1 aliphatic heterocycles. The van der Waals surface area contributed by atoms with Gasteiger partial charge in [-0.1, -0.05) is 25.5 Å². The zero-order valence-corrected chi connectivity index (χ0v) is 19.2. The molecule has 1 unspecified atom stereocenters. The first-order chi connectivity index (χ1) is 14.4. The van der Waals surface area contributed by atoms with Gasteiger partial charge in [0.2, 0.25) is 0 Å². The monoisotopic (exact) mass is 410 g/mol. The van der Waals surface area contributed by atoms with Crippen LogP contribution in [0.5, 0.6) is 0 Å². The van der Waals surface area contributed by atoms with E-state index in [-0.39, 0.29) is 22.9 Å². The highest BCUT2D eigenvalue weighted by Gasteiger charge is 2.60. The summed E-state index contributed by atoms with van der Waals surface area (Å²) in [7, 11) is 0. The number of hydrogen-bond acceptors (Lipinski definition) is 3. The third kappa shape index (κ3) is 2.95. The Labute approximate surface area is 182 Å². The van der Waals surface area contributed by atoms with Crippen molar-refractivity contribution < 1.29 is 14.3 Å². The van der Waals surface area contributed by atoms with E-state index in [4.69, 9.17) is 9.47 Å². The smallest absolute Gasteiger partial charge is 0.178 e. The zero-order valence-electron chi connectivity index (χ0n) is 19.2. The molecule has 0 aromatic heterocycles. The first-order valence-electron chi connectivity index (χ1n) is 12.3. The van der Waals surface area contributed by atoms with Gasteiger partial charge in [0.05, 0.1) is 6.10 Å². The lowest BCUT2D eigenvalue weighted by Gasteiger charge is -2.58. The van der Waals surface area contributed by atoms with Crippen LogP contribution in [0.3, 0.4) is 0 Å². The number of rotatable bonds is 2. The summed E-state index contributed by atoms with van der Waals surface area (Å²) in [4.78, 5) is 12.3. The molecule has 4 aliphatic carbocycles. The Kier molecular flexibility index (Phi) is 5.14. The molecular formula is C27H38O3. The number of carbonyl (C=O) groups excluding carboxylic acids is 1. The van der Waals surface area contributed by atoms with Gasteiger partial charge in [-0.15, -0.1) is 0 Å². The Morgan fingerprint density at radius 3 is 2.67 bits per heavy atom. The van der Waals surface area contributed by atoms with E-state index in [0.29, 0.717) is 23.9 Å². The van der Waals surface area contributed by atoms with Gasteiger partial charge in [-0.25, -0.2) is 0 Å². The fourth-order valence-electron chi connectivity index (χ4n) is 7.93. The Morgan fingerprint density at radius 1 is 1.10 bits per heavy atom. The van der Waals surface area contributed by atoms with Gasteiger partial charge < -0.3 is 9.47 Å². The van der Waals surface area contributed by atoms with Gasteiger partial charge in [0.1, 0.15) is 0 Å². The van der Waals surface area contributed by atoms with Gasteiger partial charge in [0.15, 0.2) is 12.1 Å². The molecule has 0 aromatic rings. The molecule has 5 rings (SSSR count). The van der Waals surface area contributed by atoms with Crippen LogP contribution in [0.1, 0.15) is 79.1 Å². The molecule has 1 heterocycles. The van der Waals surface area contributed by atoms with E-state index < -0.39 is 0 Å². The molecule has 164 valence electrons. The Morgan fingerprint density at radius 2 is 1.93 bits per heavy atom. The maximum Gasteiger partial charge on any atom is 0.178 e. The van der Waals surface area contributed by atoms with Crippen molar-refractivity contribution in [3.05, 3.63) is 34.9 Å². The van der Waals surface area contributed by atoms with E-state index in [1.54, 1.807) is 0 Å². The predicted molar refractivity (Wildman–Crippen MR) is 119 cm³/mol. The van der Waals surface area contributed by atoms with Crippen molar-refractivity contribution in [3.63, 3.8) is 0 Å². The predicted octanol–water partition coefficient (Wildman–Crippen LogP) is 6.15. The zero-order chi connectivity index (χ0) is 21.1. The molecule has 3 nitrogen and oxygen atoms in total. The Hall–Kier alpha value is -1.19. The van der Waals surface area contributed by atoms with E-state index in [1.165, 1.54) is 55.2 Å². The first kappa shape index (κ1) is 20.7. The van der Waals surface area contributed by atoms with Crippen LogP contribution in [0.2, 0.25) is 0 Å². The second-order valence-electron chi connectivity index (χ2n) is 10.9. The Balaban J connectivity index is 1.45. The van der Waals surface area contributed by atoms with Gasteiger partial charge in [-0.2, -0.15) is 0 Å². The summed E-state index contributed by atoms with van der Waals surface area (Å²) in [5.74, 6) is 2.16. The molecule has 30 heavy (non-hydrogen) atoms. The van der Waals surface area contributed by atoms with E-state index in [0.717, 1.165) is 19.4 Å². The van der Waals surface area contributed by atoms with Crippen molar-refractivity contribution in [1.82, 2.24) is 0 Å². The van der Waals surface area contributed by atoms with Crippen LogP contribution in [-0.4, -0.2) is 24.8 Å². The quantitative estimate of drug-likeness (QED) is 0.547. The molecule has 0 N–H and O–H groups in total. The third-order valence-corrected chi connectivity index (χ3v) is 9.72. The highest BCUT2D eigenvalue weighted by Crippen LogP contribution is 2.67. The van der Waals surface area contributed by atoms with Crippen molar-refractivity contribution in [2.75, 3.05) is 6.61 Å². The number of ether oxygens (including phenoxy) is 2. The second-order valence-corrected chi connectivity index (χ2v) is 10.9. The van der Waals surface area contributed by atoms with Crippen molar-refractivity contribution in [2.24, 2.45) is 28.6 Å². The van der Waals surface area contributed by atoms with Crippen LogP contribution in [0.15, 0.2) is 34.9 Å². The minimum Gasteiger partial charge on any atom is -0.353 e. The van der Waals surface area contributed by atoms with Crippen LogP contribution < -0.4 is 0 Å². The first-order valence-corrected chi connectivity index (χ1v) is 12.3. The lowest BCUT2D eigenvalue weighted by Crippen LogP contribution is -2.52. The van der Waals surface area contributed by atoms with Gasteiger partial charge in [-0.3, -0.25) is 4.79 Å². The average molecular weight is 411 g/mol. The maximum atomic E-state index is 12.3. The average Bonchev–Trinajstić information content (AvgIpc) is 3.06. The van der Waals surface area contributed by atoms with Crippen molar-refractivity contribution in [2.45, 2.75) is 91.5 Å². The normalized spacial score (nSPS) is 47.3. The third-order valence-electron chi connectivity index (χ3n) is 9.72. The molecule has 0 spiro atoms. The molecular weight excluding hydrogens is 372 g/mol. The summed E-state index contributed by atoms with van der Waals surface area (Å²) in [5.41, 5.74) is 4.24. The van der Waals surface area contributed by atoms with Gasteiger partial charge >= 0.3 is 0 Å². The Bertz CT molecular complexity index is 814. The molecule has 0 aromatic carbocycles. The number of hydrogen-bond donors (Lipinski definition) is 0. The molecule has 5 aliphatic rings. The summed E-state index contributed by atoms with van der Waals surface area (Å²) in [6.07, 6.45) is 15.9. The van der Waals surface area contributed by atoms with Crippen molar-refractivity contribution in [1.29, 1.82) is 0 Å². The van der Waals surface area contributed by atoms with E-state index in [1.807, 2.05) is 12.2 Å². The molecule has 3 heteroatoms. The standard InChI is InChI=1S/C27H38O3/c1-5-18-15-20-21-9-10-24(30-25-8-6-7-13-29-25)26(21,3)12-11-22(20)27(4)17(2)14-19(28)16-23(18)27/h5,14,16,20-22,24-25H,6-13,15H2,1-4H3/t20-,21-,22-,24-,25?,26-,27+/m0/s1. The molecule has 7 atom stereocenters. The fraction of sp³-hybridized carbons (Fsp3) is 0.741.